The summed E-state index contributed by atoms with van der Waals surface area (Å²) in [6, 6.07) is 0. The zero-order valence-electron chi connectivity index (χ0n) is 11.6. The highest BCUT2D eigenvalue weighted by Crippen LogP contribution is 2.39. The largest absolute Gasteiger partial charge is 0.295 e. The lowest BCUT2D eigenvalue weighted by molar-refractivity contribution is -0.117. The first kappa shape index (κ1) is 13.5. The Morgan fingerprint density at radius 3 is 1.94 bits per heavy atom. The zero-order valence-corrected chi connectivity index (χ0v) is 11.6. The van der Waals surface area contributed by atoms with Crippen molar-refractivity contribution in [3.05, 3.63) is 11.1 Å². The van der Waals surface area contributed by atoms with Crippen molar-refractivity contribution in [1.29, 1.82) is 0 Å². The third-order valence-corrected chi connectivity index (χ3v) is 3.70. The third kappa shape index (κ3) is 2.56. The molecule has 16 heavy (non-hydrogen) atoms. The van der Waals surface area contributed by atoms with E-state index in [0.29, 0.717) is 29.5 Å². The first-order chi connectivity index (χ1) is 7.36. The van der Waals surface area contributed by atoms with E-state index in [1.165, 1.54) is 5.57 Å². The SMILES string of the molecule is CC(C)C1=C(C(C)C)C(C(C)C)CCC1=O. The highest BCUT2D eigenvalue weighted by molar-refractivity contribution is 5.97. The molecular weight excluding hydrogens is 196 g/mol. The first-order valence-corrected chi connectivity index (χ1v) is 6.63. The number of carbonyl (C=O) groups excluding carboxylic acids is 1. The zero-order chi connectivity index (χ0) is 12.5. The molecule has 0 saturated carbocycles. The van der Waals surface area contributed by atoms with Gasteiger partial charge in [-0.05, 0) is 35.7 Å². The molecular formula is C15H26O. The van der Waals surface area contributed by atoms with Crippen molar-refractivity contribution in [2.45, 2.75) is 54.4 Å². The van der Waals surface area contributed by atoms with Crippen LogP contribution in [0.2, 0.25) is 0 Å². The normalized spacial score (nSPS) is 22.8. The fourth-order valence-electron chi connectivity index (χ4n) is 3.02. The van der Waals surface area contributed by atoms with Crippen LogP contribution in [0.1, 0.15) is 54.4 Å². The Labute approximate surface area is 100 Å². The number of hydrogen-bond donors (Lipinski definition) is 0. The van der Waals surface area contributed by atoms with Gasteiger partial charge in [-0.2, -0.15) is 0 Å². The Balaban J connectivity index is 3.24. The van der Waals surface area contributed by atoms with Crippen molar-refractivity contribution in [1.82, 2.24) is 0 Å². The molecule has 0 bridgehead atoms. The Kier molecular flexibility index (Phi) is 4.35. The van der Waals surface area contributed by atoms with Crippen LogP contribution in [0.25, 0.3) is 0 Å². The maximum absolute atomic E-state index is 12.1. The molecule has 1 atom stereocenters. The molecule has 0 aromatic carbocycles. The summed E-state index contributed by atoms with van der Waals surface area (Å²) in [4.78, 5) is 12.1. The molecule has 1 nitrogen and oxygen atoms in total. The van der Waals surface area contributed by atoms with Crippen LogP contribution in [0.15, 0.2) is 11.1 Å². The van der Waals surface area contributed by atoms with E-state index in [-0.39, 0.29) is 0 Å². The van der Waals surface area contributed by atoms with E-state index in [0.717, 1.165) is 18.4 Å². The van der Waals surface area contributed by atoms with Gasteiger partial charge in [0.05, 0.1) is 0 Å². The fourth-order valence-corrected chi connectivity index (χ4v) is 3.02. The molecule has 1 aliphatic rings. The van der Waals surface area contributed by atoms with Crippen LogP contribution in [-0.4, -0.2) is 5.78 Å². The number of Topliss-reactive ketones (excluding diaryl/α,β-unsaturated/α-hetero) is 1. The van der Waals surface area contributed by atoms with Crippen LogP contribution in [0.4, 0.5) is 0 Å². The molecule has 92 valence electrons. The van der Waals surface area contributed by atoms with Crippen LogP contribution < -0.4 is 0 Å². The van der Waals surface area contributed by atoms with Gasteiger partial charge in [0.25, 0.3) is 0 Å². The monoisotopic (exact) mass is 222 g/mol. The fraction of sp³-hybridized carbons (Fsp3) is 0.800. The smallest absolute Gasteiger partial charge is 0.159 e. The van der Waals surface area contributed by atoms with Crippen LogP contribution >= 0.6 is 0 Å². The molecule has 0 heterocycles. The summed E-state index contributed by atoms with van der Waals surface area (Å²) in [6.45, 7) is 13.3. The van der Waals surface area contributed by atoms with Crippen LogP contribution in [-0.2, 0) is 4.79 Å². The molecule has 0 fully saturated rings. The predicted octanol–water partition coefficient (Wildman–Crippen LogP) is 4.23. The summed E-state index contributed by atoms with van der Waals surface area (Å²) >= 11 is 0. The summed E-state index contributed by atoms with van der Waals surface area (Å²) in [5.74, 6) is 2.56. The molecule has 0 amide bonds. The summed E-state index contributed by atoms with van der Waals surface area (Å²) in [5.41, 5.74) is 2.58. The average Bonchev–Trinajstić information content (AvgIpc) is 2.15. The second kappa shape index (κ2) is 5.16. The minimum atomic E-state index is 0.381. The summed E-state index contributed by atoms with van der Waals surface area (Å²) in [7, 11) is 0. The van der Waals surface area contributed by atoms with Crippen molar-refractivity contribution in [2.75, 3.05) is 0 Å². The Hall–Kier alpha value is -0.590. The number of hydrogen-bond acceptors (Lipinski definition) is 1. The molecule has 1 aliphatic carbocycles. The topological polar surface area (TPSA) is 17.1 Å². The lowest BCUT2D eigenvalue weighted by Gasteiger charge is -2.34. The van der Waals surface area contributed by atoms with Gasteiger partial charge in [0, 0.05) is 6.42 Å². The Morgan fingerprint density at radius 1 is 1.00 bits per heavy atom. The van der Waals surface area contributed by atoms with E-state index in [2.05, 4.69) is 41.5 Å². The summed E-state index contributed by atoms with van der Waals surface area (Å²) in [6.07, 6.45) is 1.81. The number of ketones is 1. The minimum absolute atomic E-state index is 0.381. The minimum Gasteiger partial charge on any atom is -0.295 e. The van der Waals surface area contributed by atoms with E-state index in [1.807, 2.05) is 0 Å². The summed E-state index contributed by atoms with van der Waals surface area (Å²) < 4.78 is 0. The van der Waals surface area contributed by atoms with Gasteiger partial charge in [0.2, 0.25) is 0 Å². The van der Waals surface area contributed by atoms with E-state index < -0.39 is 0 Å². The molecule has 0 N–H and O–H groups in total. The van der Waals surface area contributed by atoms with E-state index in [9.17, 15) is 4.79 Å². The molecule has 1 rings (SSSR count). The van der Waals surface area contributed by atoms with Crippen LogP contribution in [0.5, 0.6) is 0 Å². The molecule has 0 aromatic heterocycles. The molecule has 0 aromatic rings. The van der Waals surface area contributed by atoms with Gasteiger partial charge < -0.3 is 0 Å². The average molecular weight is 222 g/mol. The van der Waals surface area contributed by atoms with Gasteiger partial charge in [0.1, 0.15) is 0 Å². The maximum atomic E-state index is 12.1. The maximum Gasteiger partial charge on any atom is 0.159 e. The molecule has 0 spiro atoms. The van der Waals surface area contributed by atoms with Gasteiger partial charge in [-0.1, -0.05) is 47.1 Å². The molecule has 0 radical (unpaired) electrons. The predicted molar refractivity (Wildman–Crippen MR) is 69.3 cm³/mol. The van der Waals surface area contributed by atoms with E-state index >= 15 is 0 Å². The first-order valence-electron chi connectivity index (χ1n) is 6.63. The quantitative estimate of drug-likeness (QED) is 0.698. The third-order valence-electron chi connectivity index (χ3n) is 3.70. The number of carbonyl (C=O) groups is 1. The molecule has 1 unspecified atom stereocenters. The van der Waals surface area contributed by atoms with Gasteiger partial charge in [-0.25, -0.2) is 0 Å². The number of rotatable bonds is 3. The van der Waals surface area contributed by atoms with Crippen molar-refractivity contribution in [3.63, 3.8) is 0 Å². The van der Waals surface area contributed by atoms with Crippen molar-refractivity contribution >= 4 is 5.78 Å². The van der Waals surface area contributed by atoms with Crippen molar-refractivity contribution < 1.29 is 4.79 Å². The Morgan fingerprint density at radius 2 is 1.56 bits per heavy atom. The molecule has 0 aliphatic heterocycles. The highest BCUT2D eigenvalue weighted by Gasteiger charge is 2.32. The second-order valence-electron chi connectivity index (χ2n) is 5.99. The second-order valence-corrected chi connectivity index (χ2v) is 5.99. The Bertz CT molecular complexity index is 295. The van der Waals surface area contributed by atoms with Crippen LogP contribution in [0, 0.1) is 23.7 Å². The standard InChI is InChI=1S/C15H26O/c1-9(2)12-7-8-13(16)15(11(5)6)14(12)10(3)4/h9-12H,7-8H2,1-6H3. The lowest BCUT2D eigenvalue weighted by atomic mass is 9.70. The number of allylic oxidation sites excluding steroid dienone is 2. The van der Waals surface area contributed by atoms with E-state index in [1.54, 1.807) is 0 Å². The molecule has 1 heteroatoms. The van der Waals surface area contributed by atoms with Gasteiger partial charge in [-0.3, -0.25) is 4.79 Å². The van der Waals surface area contributed by atoms with Gasteiger partial charge >= 0.3 is 0 Å². The lowest BCUT2D eigenvalue weighted by Crippen LogP contribution is -2.28. The van der Waals surface area contributed by atoms with Crippen molar-refractivity contribution in [2.24, 2.45) is 23.7 Å². The summed E-state index contributed by atoms with van der Waals surface area (Å²) in [5, 5.41) is 0. The highest BCUT2D eigenvalue weighted by atomic mass is 16.1. The van der Waals surface area contributed by atoms with Crippen LogP contribution in [0.3, 0.4) is 0 Å². The molecule has 0 saturated heterocycles. The van der Waals surface area contributed by atoms with Crippen molar-refractivity contribution in [3.8, 4) is 0 Å². The van der Waals surface area contributed by atoms with Gasteiger partial charge in [-0.15, -0.1) is 0 Å². The van der Waals surface area contributed by atoms with Gasteiger partial charge in [0.15, 0.2) is 5.78 Å². The van der Waals surface area contributed by atoms with E-state index in [4.69, 9.17) is 0 Å².